The minimum Gasteiger partial charge on any atom is -0.469 e. The lowest BCUT2D eigenvalue weighted by Crippen LogP contribution is -2.14. The number of aryl methyl sites for hydroxylation is 1. The highest BCUT2D eigenvalue weighted by molar-refractivity contribution is 7.85. The molecule has 136 valence electrons. The van der Waals surface area contributed by atoms with Gasteiger partial charge in [-0.05, 0) is 31.4 Å². The molecule has 1 rings (SSSR count). The predicted molar refractivity (Wildman–Crippen MR) is 86.3 cm³/mol. The van der Waals surface area contributed by atoms with Gasteiger partial charge in [-0.2, -0.15) is 8.42 Å². The van der Waals surface area contributed by atoms with E-state index < -0.39 is 10.1 Å². The fraction of sp³-hybridized carbons (Fsp3) is 0.600. The van der Waals surface area contributed by atoms with Crippen molar-refractivity contribution in [2.75, 3.05) is 33.2 Å². The van der Waals surface area contributed by atoms with Gasteiger partial charge in [0, 0.05) is 12.1 Å². The molecule has 1 aromatic heterocycles. The fourth-order valence-corrected chi connectivity index (χ4v) is 2.29. The Hall–Kier alpha value is -1.71. The number of esters is 1. The van der Waals surface area contributed by atoms with Crippen LogP contribution in [0, 0.1) is 0 Å². The Morgan fingerprint density at radius 1 is 1.17 bits per heavy atom. The number of aromatic nitrogens is 1. The molecule has 1 aromatic rings. The molecule has 0 aliphatic heterocycles. The lowest BCUT2D eigenvalue weighted by atomic mass is 10.1. The molecule has 0 atom stereocenters. The molecule has 1 heterocycles. The van der Waals surface area contributed by atoms with E-state index in [1.807, 2.05) is 6.07 Å². The molecule has 8 nitrogen and oxygen atoms in total. The van der Waals surface area contributed by atoms with E-state index in [-0.39, 0.29) is 31.6 Å². The number of nitrogens with one attached hydrogen (secondary N) is 1. The number of rotatable bonds is 12. The van der Waals surface area contributed by atoms with Crippen molar-refractivity contribution in [2.45, 2.75) is 25.7 Å². The van der Waals surface area contributed by atoms with Crippen LogP contribution in [0.2, 0.25) is 0 Å². The van der Waals surface area contributed by atoms with Crippen LogP contribution in [0.5, 0.6) is 0 Å². The third kappa shape index (κ3) is 8.80. The molecule has 0 radical (unpaired) electrons. The zero-order valence-electron chi connectivity index (χ0n) is 13.9. The molecule has 1 N–H and O–H groups in total. The van der Waals surface area contributed by atoms with E-state index in [2.05, 4.69) is 13.9 Å². The van der Waals surface area contributed by atoms with E-state index in [4.69, 9.17) is 4.74 Å². The molecule has 0 saturated carbocycles. The number of ether oxygens (including phenoxy) is 2. The van der Waals surface area contributed by atoms with Gasteiger partial charge >= 0.3 is 5.97 Å². The zero-order valence-corrected chi connectivity index (χ0v) is 14.7. The first-order valence-electron chi connectivity index (χ1n) is 7.52. The van der Waals surface area contributed by atoms with Crippen molar-refractivity contribution in [1.82, 2.24) is 4.98 Å². The van der Waals surface area contributed by atoms with E-state index in [1.165, 1.54) is 7.11 Å². The maximum atomic E-state index is 11.9. The van der Waals surface area contributed by atoms with Crippen molar-refractivity contribution in [3.63, 3.8) is 0 Å². The van der Waals surface area contributed by atoms with E-state index in [0.29, 0.717) is 12.1 Å². The molecule has 0 spiro atoms. The summed E-state index contributed by atoms with van der Waals surface area (Å²) in [6, 6.07) is 3.49. The minimum atomic E-state index is -3.49. The van der Waals surface area contributed by atoms with E-state index in [1.54, 1.807) is 6.07 Å². The number of hydrogen-bond donors (Lipinski definition) is 1. The molecule has 0 aromatic carbocycles. The quantitative estimate of drug-likeness (QED) is 0.256. The number of unbranched alkanes of at least 4 members (excludes halogenated alkanes) is 1. The van der Waals surface area contributed by atoms with Gasteiger partial charge in [0.25, 0.3) is 10.1 Å². The van der Waals surface area contributed by atoms with Crippen LogP contribution in [0.15, 0.2) is 12.1 Å². The Labute approximate surface area is 141 Å². The molecule has 9 heteroatoms. The van der Waals surface area contributed by atoms with Gasteiger partial charge in [-0.25, -0.2) is 0 Å². The first-order valence-corrected chi connectivity index (χ1v) is 9.33. The average molecular weight is 361 g/mol. The normalized spacial score (nSPS) is 11.4. The number of hydrogen-bond acceptors (Lipinski definition) is 7. The summed E-state index contributed by atoms with van der Waals surface area (Å²) in [4.78, 5) is 25.9. The van der Waals surface area contributed by atoms with Crippen molar-refractivity contribution in [1.29, 1.82) is 0 Å². The van der Waals surface area contributed by atoms with E-state index in [9.17, 15) is 18.0 Å². The van der Waals surface area contributed by atoms with Crippen LogP contribution >= 0.6 is 0 Å². The predicted octanol–water partition coefficient (Wildman–Crippen LogP) is 1.08. The monoisotopic (exact) mass is 361 g/mol. The van der Waals surface area contributed by atoms with Crippen LogP contribution in [-0.4, -0.2) is 58.3 Å². The lowest BCUT2D eigenvalue weighted by molar-refractivity contribution is -0.140. The van der Waals surface area contributed by atoms with Crippen LogP contribution in [0.25, 0.3) is 0 Å². The van der Waals surface area contributed by atoms with E-state index in [0.717, 1.165) is 31.2 Å². The Balaban J connectivity index is 2.24. The summed E-state index contributed by atoms with van der Waals surface area (Å²) in [5, 5.41) is 0. The second-order valence-electron chi connectivity index (χ2n) is 5.18. The number of Topliss-reactive ketones (excluding diaryl/α,β-unsaturated/α-hetero) is 1. The van der Waals surface area contributed by atoms with Gasteiger partial charge in [0.2, 0.25) is 5.78 Å². The second kappa shape index (κ2) is 10.2. The van der Waals surface area contributed by atoms with Crippen LogP contribution < -0.4 is 0 Å². The Morgan fingerprint density at radius 3 is 2.58 bits per heavy atom. The van der Waals surface area contributed by atoms with Crippen molar-refractivity contribution in [2.24, 2.45) is 0 Å². The molecular weight excluding hydrogens is 338 g/mol. The third-order valence-electron chi connectivity index (χ3n) is 3.11. The van der Waals surface area contributed by atoms with Crippen molar-refractivity contribution < 1.29 is 31.7 Å². The smallest absolute Gasteiger partial charge is 0.305 e. The summed E-state index contributed by atoms with van der Waals surface area (Å²) in [6.45, 7) is -0.266. The molecule has 0 amide bonds. The van der Waals surface area contributed by atoms with Gasteiger partial charge in [0.15, 0.2) is 0 Å². The van der Waals surface area contributed by atoms with Crippen LogP contribution in [0.1, 0.15) is 35.4 Å². The van der Waals surface area contributed by atoms with Crippen LogP contribution in [0.3, 0.4) is 0 Å². The molecule has 0 aliphatic rings. The van der Waals surface area contributed by atoms with Crippen molar-refractivity contribution in [3.05, 3.63) is 23.5 Å². The third-order valence-corrected chi connectivity index (χ3v) is 3.70. The summed E-state index contributed by atoms with van der Waals surface area (Å²) >= 11 is 0. The summed E-state index contributed by atoms with van der Waals surface area (Å²) in [6.07, 6.45) is 3.59. The number of carbonyl (C=O) groups excluding carboxylic acids is 2. The molecule has 0 bridgehead atoms. The maximum Gasteiger partial charge on any atom is 0.305 e. The highest BCUT2D eigenvalue weighted by Crippen LogP contribution is 2.08. The Bertz CT molecular complexity index is 636. The first-order chi connectivity index (χ1) is 11.3. The fourth-order valence-electron chi connectivity index (χ4n) is 1.92. The number of carbonyl (C=O) groups is 2. The van der Waals surface area contributed by atoms with Gasteiger partial charge in [-0.15, -0.1) is 0 Å². The van der Waals surface area contributed by atoms with Gasteiger partial charge in [0.1, 0.15) is 6.61 Å². The SMILES string of the molecule is COC(=O)CCCCc1ccc(C(=O)COCCOS(C)(=O)=O)[nH]1. The van der Waals surface area contributed by atoms with Gasteiger partial charge in [0.05, 0.1) is 32.3 Å². The maximum absolute atomic E-state index is 11.9. The lowest BCUT2D eigenvalue weighted by Gasteiger charge is -2.03. The second-order valence-corrected chi connectivity index (χ2v) is 6.83. The molecule has 0 aliphatic carbocycles. The number of H-pyrrole nitrogens is 1. The summed E-state index contributed by atoms with van der Waals surface area (Å²) in [5.74, 6) is -0.454. The largest absolute Gasteiger partial charge is 0.469 e. The van der Waals surface area contributed by atoms with Crippen molar-refractivity contribution >= 4 is 21.9 Å². The number of ketones is 1. The van der Waals surface area contributed by atoms with Gasteiger partial charge in [-0.1, -0.05) is 0 Å². The van der Waals surface area contributed by atoms with Crippen molar-refractivity contribution in [3.8, 4) is 0 Å². The summed E-state index contributed by atoms with van der Waals surface area (Å²) < 4.78 is 35.6. The Kier molecular flexibility index (Phi) is 8.66. The summed E-state index contributed by atoms with van der Waals surface area (Å²) in [7, 11) is -2.13. The average Bonchev–Trinajstić information content (AvgIpc) is 2.98. The van der Waals surface area contributed by atoms with Crippen LogP contribution in [0.4, 0.5) is 0 Å². The molecule has 0 fully saturated rings. The minimum absolute atomic E-state index is 0.0138. The highest BCUT2D eigenvalue weighted by atomic mass is 32.2. The van der Waals surface area contributed by atoms with E-state index >= 15 is 0 Å². The number of aromatic amines is 1. The zero-order chi connectivity index (χ0) is 18.0. The molecule has 0 unspecified atom stereocenters. The Morgan fingerprint density at radius 2 is 1.92 bits per heavy atom. The number of methoxy groups -OCH3 is 1. The molecule has 24 heavy (non-hydrogen) atoms. The molecule has 0 saturated heterocycles. The van der Waals surface area contributed by atoms with Gasteiger partial charge in [-0.3, -0.25) is 13.8 Å². The first kappa shape index (κ1) is 20.3. The van der Waals surface area contributed by atoms with Crippen LogP contribution in [-0.2, 0) is 35.0 Å². The summed E-state index contributed by atoms with van der Waals surface area (Å²) in [5.41, 5.74) is 1.34. The standard InChI is InChI=1S/C15H23NO7S/c1-21-15(18)6-4-3-5-12-7-8-13(16-12)14(17)11-22-9-10-23-24(2,19)20/h7-8,16H,3-6,9-11H2,1-2H3. The topological polar surface area (TPSA) is 112 Å². The molecular formula is C15H23NO7S. The highest BCUT2D eigenvalue weighted by Gasteiger charge is 2.09. The van der Waals surface area contributed by atoms with Gasteiger partial charge < -0.3 is 14.5 Å².